The van der Waals surface area contributed by atoms with Crippen molar-refractivity contribution in [2.24, 2.45) is 0 Å². The highest BCUT2D eigenvalue weighted by Gasteiger charge is 2.19. The molecule has 0 radical (unpaired) electrons. The standard InChI is InChI=1S/C19H25N5O2S2/c1-12(17(26)21-16-10-8-15(9-11-16)20-13(2)25)27-19-24-23-18(28-19)22-14-6-4-3-5-7-14/h8-12,14H,3-7H2,1-2H3,(H,20,25)(H,21,26)(H,22,23)/t12-/m1/s1. The molecule has 1 aromatic heterocycles. The van der Waals surface area contributed by atoms with Crippen LogP contribution in [0.3, 0.4) is 0 Å². The van der Waals surface area contributed by atoms with Crippen LogP contribution in [0.2, 0.25) is 0 Å². The van der Waals surface area contributed by atoms with Gasteiger partial charge in [-0.05, 0) is 44.0 Å². The van der Waals surface area contributed by atoms with Gasteiger partial charge in [0.05, 0.1) is 5.25 Å². The smallest absolute Gasteiger partial charge is 0.237 e. The van der Waals surface area contributed by atoms with Gasteiger partial charge in [-0.25, -0.2) is 0 Å². The van der Waals surface area contributed by atoms with E-state index in [9.17, 15) is 9.59 Å². The number of anilines is 3. The molecule has 3 N–H and O–H groups in total. The molecule has 0 bridgehead atoms. The fourth-order valence-corrected chi connectivity index (χ4v) is 5.00. The molecule has 28 heavy (non-hydrogen) atoms. The lowest BCUT2D eigenvalue weighted by molar-refractivity contribution is -0.115. The quantitative estimate of drug-likeness (QED) is 0.577. The molecule has 2 aromatic rings. The van der Waals surface area contributed by atoms with Crippen LogP contribution < -0.4 is 16.0 Å². The minimum absolute atomic E-state index is 0.103. The van der Waals surface area contributed by atoms with Crippen LogP contribution in [-0.2, 0) is 9.59 Å². The van der Waals surface area contributed by atoms with Crippen molar-refractivity contribution in [1.82, 2.24) is 10.2 Å². The van der Waals surface area contributed by atoms with E-state index >= 15 is 0 Å². The molecule has 0 spiro atoms. The Morgan fingerprint density at radius 1 is 1.07 bits per heavy atom. The van der Waals surface area contributed by atoms with Gasteiger partial charge < -0.3 is 16.0 Å². The zero-order valence-electron chi connectivity index (χ0n) is 16.0. The number of hydrogen-bond acceptors (Lipinski definition) is 7. The van der Waals surface area contributed by atoms with Crippen molar-refractivity contribution < 1.29 is 9.59 Å². The first-order valence-corrected chi connectivity index (χ1v) is 11.1. The number of rotatable bonds is 7. The van der Waals surface area contributed by atoms with E-state index in [1.165, 1.54) is 62.1 Å². The lowest BCUT2D eigenvalue weighted by Crippen LogP contribution is -2.22. The fourth-order valence-electron chi connectivity index (χ4n) is 3.03. The third-order valence-corrected chi connectivity index (χ3v) is 6.50. The molecule has 0 unspecified atom stereocenters. The molecule has 7 nitrogen and oxygen atoms in total. The summed E-state index contributed by atoms with van der Waals surface area (Å²) in [5, 5.41) is 18.0. The molecule has 3 rings (SSSR count). The van der Waals surface area contributed by atoms with Gasteiger partial charge in [-0.15, -0.1) is 10.2 Å². The second-order valence-electron chi connectivity index (χ2n) is 6.86. The van der Waals surface area contributed by atoms with Gasteiger partial charge in [0.25, 0.3) is 0 Å². The summed E-state index contributed by atoms with van der Waals surface area (Å²) in [6.45, 7) is 3.31. The maximum absolute atomic E-state index is 12.4. The third kappa shape index (κ3) is 6.20. The number of benzene rings is 1. The number of nitrogens with one attached hydrogen (secondary N) is 3. The van der Waals surface area contributed by atoms with Crippen LogP contribution in [0.25, 0.3) is 0 Å². The van der Waals surface area contributed by atoms with Crippen LogP contribution in [0.5, 0.6) is 0 Å². The summed E-state index contributed by atoms with van der Waals surface area (Å²) < 4.78 is 0.780. The molecule has 2 amide bonds. The average Bonchev–Trinajstić information content (AvgIpc) is 3.10. The van der Waals surface area contributed by atoms with Gasteiger partial charge in [0, 0.05) is 24.3 Å². The molecular formula is C19H25N5O2S2. The van der Waals surface area contributed by atoms with E-state index < -0.39 is 0 Å². The highest BCUT2D eigenvalue weighted by molar-refractivity contribution is 8.02. The van der Waals surface area contributed by atoms with E-state index in [0.29, 0.717) is 17.4 Å². The van der Waals surface area contributed by atoms with Gasteiger partial charge in [-0.3, -0.25) is 9.59 Å². The number of carbonyl (C=O) groups excluding carboxylic acids is 2. The predicted molar refractivity (Wildman–Crippen MR) is 115 cm³/mol. The van der Waals surface area contributed by atoms with Crippen LogP contribution in [0.15, 0.2) is 28.6 Å². The Morgan fingerprint density at radius 3 is 2.36 bits per heavy atom. The summed E-state index contributed by atoms with van der Waals surface area (Å²) in [6, 6.07) is 7.52. The van der Waals surface area contributed by atoms with Crippen LogP contribution >= 0.6 is 23.1 Å². The zero-order chi connectivity index (χ0) is 19.9. The summed E-state index contributed by atoms with van der Waals surface area (Å²) in [4.78, 5) is 23.5. The molecule has 1 atom stereocenters. The molecule has 1 aliphatic carbocycles. The van der Waals surface area contributed by atoms with Crippen molar-refractivity contribution >= 4 is 51.4 Å². The molecule has 1 saturated carbocycles. The number of hydrogen-bond donors (Lipinski definition) is 3. The molecule has 0 saturated heterocycles. The maximum Gasteiger partial charge on any atom is 0.237 e. The first-order valence-electron chi connectivity index (χ1n) is 9.45. The number of carbonyl (C=O) groups is 2. The summed E-state index contributed by atoms with van der Waals surface area (Å²) in [6.07, 6.45) is 6.21. The molecule has 1 heterocycles. The number of aromatic nitrogens is 2. The van der Waals surface area contributed by atoms with E-state index in [0.717, 1.165) is 9.47 Å². The molecule has 1 aliphatic rings. The summed E-state index contributed by atoms with van der Waals surface area (Å²) >= 11 is 2.90. The van der Waals surface area contributed by atoms with Crippen molar-refractivity contribution in [3.8, 4) is 0 Å². The first-order chi connectivity index (χ1) is 13.5. The molecular weight excluding hydrogens is 394 g/mol. The third-order valence-electron chi connectivity index (χ3n) is 4.46. The first kappa shape index (κ1) is 20.6. The van der Waals surface area contributed by atoms with E-state index in [1.54, 1.807) is 24.3 Å². The van der Waals surface area contributed by atoms with E-state index in [1.807, 2.05) is 6.92 Å². The van der Waals surface area contributed by atoms with Gasteiger partial charge in [0.2, 0.25) is 16.9 Å². The monoisotopic (exact) mass is 419 g/mol. The maximum atomic E-state index is 12.4. The van der Waals surface area contributed by atoms with Crippen molar-refractivity contribution in [3.63, 3.8) is 0 Å². The average molecular weight is 420 g/mol. The van der Waals surface area contributed by atoms with Crippen LogP contribution in [-0.4, -0.2) is 33.3 Å². The number of nitrogens with zero attached hydrogens (tertiary/aromatic N) is 2. The Kier molecular flexibility index (Phi) is 7.27. The van der Waals surface area contributed by atoms with Crippen LogP contribution in [0, 0.1) is 0 Å². The van der Waals surface area contributed by atoms with Crippen molar-refractivity contribution in [2.45, 2.75) is 61.6 Å². The number of amides is 2. The van der Waals surface area contributed by atoms with Gasteiger partial charge >= 0.3 is 0 Å². The molecule has 1 fully saturated rings. The van der Waals surface area contributed by atoms with Gasteiger partial charge in [0.15, 0.2) is 4.34 Å². The SMILES string of the molecule is CC(=O)Nc1ccc(NC(=O)[C@@H](C)Sc2nnc(NC3CCCCC3)s2)cc1. The van der Waals surface area contributed by atoms with Crippen molar-refractivity contribution in [2.75, 3.05) is 16.0 Å². The van der Waals surface area contributed by atoms with Crippen LogP contribution in [0.1, 0.15) is 46.0 Å². The second-order valence-corrected chi connectivity index (χ2v) is 9.43. The summed E-state index contributed by atoms with van der Waals surface area (Å²) in [7, 11) is 0. The largest absolute Gasteiger partial charge is 0.357 e. The molecule has 9 heteroatoms. The Bertz CT molecular complexity index is 803. The zero-order valence-corrected chi connectivity index (χ0v) is 17.7. The minimum Gasteiger partial charge on any atom is -0.357 e. The summed E-state index contributed by atoms with van der Waals surface area (Å²) in [5.41, 5.74) is 1.38. The van der Waals surface area contributed by atoms with Crippen LogP contribution in [0.4, 0.5) is 16.5 Å². The second kappa shape index (κ2) is 9.88. The lowest BCUT2D eigenvalue weighted by Gasteiger charge is -2.21. The Labute approximate surface area is 173 Å². The normalized spacial score (nSPS) is 15.6. The lowest BCUT2D eigenvalue weighted by atomic mass is 9.96. The summed E-state index contributed by atoms with van der Waals surface area (Å²) in [5.74, 6) is -0.231. The van der Waals surface area contributed by atoms with E-state index in [2.05, 4.69) is 26.1 Å². The highest BCUT2D eigenvalue weighted by atomic mass is 32.2. The fraction of sp³-hybridized carbons (Fsp3) is 0.474. The molecule has 1 aromatic carbocycles. The minimum atomic E-state index is -0.300. The molecule has 0 aliphatic heterocycles. The van der Waals surface area contributed by atoms with Crippen molar-refractivity contribution in [1.29, 1.82) is 0 Å². The van der Waals surface area contributed by atoms with Crippen molar-refractivity contribution in [3.05, 3.63) is 24.3 Å². The Morgan fingerprint density at radius 2 is 1.71 bits per heavy atom. The Hall–Kier alpha value is -2.13. The highest BCUT2D eigenvalue weighted by Crippen LogP contribution is 2.31. The Balaban J connectivity index is 1.49. The topological polar surface area (TPSA) is 96.0 Å². The van der Waals surface area contributed by atoms with Gasteiger partial charge in [-0.1, -0.05) is 42.4 Å². The van der Waals surface area contributed by atoms with Gasteiger partial charge in [-0.2, -0.15) is 0 Å². The van der Waals surface area contributed by atoms with E-state index in [-0.39, 0.29) is 17.1 Å². The van der Waals surface area contributed by atoms with E-state index in [4.69, 9.17) is 0 Å². The molecule has 150 valence electrons. The predicted octanol–water partition coefficient (Wildman–Crippen LogP) is 4.36. The number of thioether (sulfide) groups is 1. The van der Waals surface area contributed by atoms with Gasteiger partial charge in [0.1, 0.15) is 0 Å².